The summed E-state index contributed by atoms with van der Waals surface area (Å²) in [7, 11) is 0. The van der Waals surface area contributed by atoms with Gasteiger partial charge in [0.05, 0.1) is 14.8 Å². The first-order chi connectivity index (χ1) is 22.0. The molecule has 0 aliphatic rings. The van der Waals surface area contributed by atoms with Crippen molar-refractivity contribution in [3.63, 3.8) is 0 Å². The van der Waals surface area contributed by atoms with Gasteiger partial charge in [-0.3, -0.25) is 35.2 Å². The first kappa shape index (κ1) is 34.1. The fourth-order valence-corrected chi connectivity index (χ4v) is 3.84. The highest BCUT2D eigenvalue weighted by molar-refractivity contribution is 5.90. The van der Waals surface area contributed by atoms with Crippen molar-refractivity contribution in [2.24, 2.45) is 0 Å². The lowest BCUT2D eigenvalue weighted by Gasteiger charge is -2.23. The molecule has 0 spiro atoms. The molecule has 6 N–H and O–H groups in total. The topological polar surface area (TPSA) is 256 Å². The Morgan fingerprint density at radius 2 is 0.717 bits per heavy atom. The van der Waals surface area contributed by atoms with Crippen LogP contribution in [0.1, 0.15) is 0 Å². The first-order valence-corrected chi connectivity index (χ1v) is 13.6. The van der Waals surface area contributed by atoms with E-state index in [1.54, 1.807) is 0 Å². The Morgan fingerprint density at radius 1 is 0.478 bits per heavy atom. The Morgan fingerprint density at radius 3 is 0.935 bits per heavy atom. The smallest absolute Gasteiger partial charge is 0.319 e. The third-order valence-electron chi connectivity index (χ3n) is 6.15. The first-order valence-electron chi connectivity index (χ1n) is 13.6. The molecule has 0 heterocycles. The molecule has 0 fully saturated rings. The van der Waals surface area contributed by atoms with Crippen molar-refractivity contribution in [2.45, 2.75) is 0 Å². The minimum atomic E-state index is -0.555. The molecule has 0 aliphatic carbocycles. The summed E-state index contributed by atoms with van der Waals surface area (Å²) in [6.45, 7) is 1.44. The van der Waals surface area contributed by atoms with Gasteiger partial charge in [-0.05, 0) is 36.4 Å². The van der Waals surface area contributed by atoms with Crippen LogP contribution in [-0.4, -0.2) is 77.0 Å². The second kappa shape index (κ2) is 17.1. The second-order valence-corrected chi connectivity index (χ2v) is 9.40. The molecule has 0 saturated carbocycles. The number of nitro groups is 3. The minimum absolute atomic E-state index is 0.119. The molecule has 3 rings (SSSR count). The highest BCUT2D eigenvalue weighted by atomic mass is 16.6. The molecule has 3 aromatic rings. The van der Waals surface area contributed by atoms with Gasteiger partial charge in [0.15, 0.2) is 0 Å². The molecule has 0 unspecified atom stereocenters. The average molecular weight is 639 g/mol. The number of nitrogens with zero attached hydrogens (tertiary/aromatic N) is 4. The zero-order valence-corrected chi connectivity index (χ0v) is 24.1. The summed E-state index contributed by atoms with van der Waals surface area (Å²) in [5.74, 6) is 0. The third kappa shape index (κ3) is 11.7. The summed E-state index contributed by atoms with van der Waals surface area (Å²) in [5.41, 5.74) is 0.703. The van der Waals surface area contributed by atoms with Gasteiger partial charge in [-0.1, -0.05) is 0 Å². The number of hydrogen-bond acceptors (Lipinski definition) is 10. The van der Waals surface area contributed by atoms with Crippen LogP contribution in [0.3, 0.4) is 0 Å². The van der Waals surface area contributed by atoms with Gasteiger partial charge in [-0.25, -0.2) is 14.4 Å². The highest BCUT2D eigenvalue weighted by Gasteiger charge is 2.12. The van der Waals surface area contributed by atoms with Gasteiger partial charge in [0, 0.05) is 92.7 Å². The number of carbonyl (C=O) groups excluding carboxylic acids is 3. The number of benzene rings is 3. The van der Waals surface area contributed by atoms with Crippen LogP contribution in [0.15, 0.2) is 72.8 Å². The molecule has 0 saturated heterocycles. The van der Waals surface area contributed by atoms with Crippen molar-refractivity contribution in [3.8, 4) is 0 Å². The average Bonchev–Trinajstić information content (AvgIpc) is 3.01. The standard InChI is InChI=1S/C27H30N10O9/c38-25(31-19-1-7-22(8-2-19)35(41)42)28-13-16-34(17-14-29-26(39)32-20-3-9-23(10-4-20)36(43)44)18-15-30-27(40)33-21-5-11-24(12-6-21)37(45)46/h1-12H,13-18H2,(H2,28,31,38)(H2,29,32,39)(H2,30,33,40). The van der Waals surface area contributed by atoms with Crippen molar-refractivity contribution in [2.75, 3.05) is 55.2 Å². The molecule has 19 nitrogen and oxygen atoms in total. The number of rotatable bonds is 15. The van der Waals surface area contributed by atoms with E-state index in [2.05, 4.69) is 31.9 Å². The SMILES string of the molecule is O=C(NCCN(CCNC(=O)Nc1ccc([N+](=O)[O-])cc1)CCNC(=O)Nc1ccc([N+](=O)[O-])cc1)Nc1ccc([N+](=O)[O-])cc1. The van der Waals surface area contributed by atoms with E-state index in [9.17, 15) is 44.7 Å². The molecule has 3 aromatic carbocycles. The van der Waals surface area contributed by atoms with Crippen LogP contribution < -0.4 is 31.9 Å². The molecule has 19 heteroatoms. The van der Waals surface area contributed by atoms with E-state index in [1.807, 2.05) is 4.90 Å². The van der Waals surface area contributed by atoms with Gasteiger partial charge < -0.3 is 31.9 Å². The molecular formula is C27H30N10O9. The summed E-state index contributed by atoms with van der Waals surface area (Å²) in [5, 5.41) is 48.1. The maximum Gasteiger partial charge on any atom is 0.319 e. The summed E-state index contributed by atoms with van der Waals surface area (Å²) in [4.78, 5) is 69.5. The van der Waals surface area contributed by atoms with E-state index < -0.39 is 32.9 Å². The lowest BCUT2D eigenvalue weighted by atomic mass is 10.3. The Labute approximate surface area is 260 Å². The quantitative estimate of drug-likeness (QED) is 0.104. The third-order valence-corrected chi connectivity index (χ3v) is 6.15. The number of non-ortho nitro benzene ring substituents is 3. The summed E-state index contributed by atoms with van der Waals surface area (Å²) in [6, 6.07) is 14.3. The maximum atomic E-state index is 12.3. The molecule has 0 aromatic heterocycles. The Hall–Kier alpha value is -6.37. The highest BCUT2D eigenvalue weighted by Crippen LogP contribution is 2.17. The number of carbonyl (C=O) groups is 3. The second-order valence-electron chi connectivity index (χ2n) is 9.40. The molecule has 0 aliphatic heterocycles. The van der Waals surface area contributed by atoms with E-state index in [0.29, 0.717) is 36.7 Å². The van der Waals surface area contributed by atoms with Crippen LogP contribution in [0.25, 0.3) is 0 Å². The molecule has 0 radical (unpaired) electrons. The number of anilines is 3. The predicted octanol–water partition coefficient (Wildman–Crippen LogP) is 3.48. The fourth-order valence-electron chi connectivity index (χ4n) is 3.84. The van der Waals surface area contributed by atoms with E-state index in [-0.39, 0.29) is 36.7 Å². The van der Waals surface area contributed by atoms with E-state index in [0.717, 1.165) is 0 Å². The molecule has 0 atom stereocenters. The number of nitrogens with one attached hydrogen (secondary N) is 6. The van der Waals surface area contributed by atoms with Gasteiger partial charge in [0.2, 0.25) is 0 Å². The van der Waals surface area contributed by atoms with Gasteiger partial charge in [-0.2, -0.15) is 0 Å². The lowest BCUT2D eigenvalue weighted by molar-refractivity contribution is -0.385. The fraction of sp³-hybridized carbons (Fsp3) is 0.222. The van der Waals surface area contributed by atoms with E-state index in [1.165, 1.54) is 72.8 Å². The van der Waals surface area contributed by atoms with Crippen LogP contribution in [0, 0.1) is 30.3 Å². The predicted molar refractivity (Wildman–Crippen MR) is 167 cm³/mol. The number of hydrogen-bond donors (Lipinski definition) is 6. The number of amides is 6. The number of nitro benzene ring substituents is 3. The van der Waals surface area contributed by atoms with Crippen molar-refractivity contribution in [1.82, 2.24) is 20.9 Å². The van der Waals surface area contributed by atoms with Crippen molar-refractivity contribution >= 4 is 52.2 Å². The van der Waals surface area contributed by atoms with Crippen LogP contribution in [0.2, 0.25) is 0 Å². The van der Waals surface area contributed by atoms with Crippen molar-refractivity contribution in [1.29, 1.82) is 0 Å². The Kier molecular flexibility index (Phi) is 12.7. The Balaban J connectivity index is 1.48. The Bertz CT molecular complexity index is 1350. The molecule has 46 heavy (non-hydrogen) atoms. The molecule has 0 bridgehead atoms. The van der Waals surface area contributed by atoms with E-state index in [4.69, 9.17) is 0 Å². The largest absolute Gasteiger partial charge is 0.337 e. The van der Waals surface area contributed by atoms with Gasteiger partial charge in [-0.15, -0.1) is 0 Å². The minimum Gasteiger partial charge on any atom is -0.337 e. The molecular weight excluding hydrogens is 608 g/mol. The van der Waals surface area contributed by atoms with Gasteiger partial charge in [0.1, 0.15) is 0 Å². The van der Waals surface area contributed by atoms with Gasteiger partial charge in [0.25, 0.3) is 17.1 Å². The zero-order chi connectivity index (χ0) is 33.5. The monoisotopic (exact) mass is 638 g/mol. The summed E-state index contributed by atoms with van der Waals surface area (Å²) in [6.07, 6.45) is 0. The maximum absolute atomic E-state index is 12.3. The van der Waals surface area contributed by atoms with Crippen LogP contribution in [0.4, 0.5) is 48.5 Å². The van der Waals surface area contributed by atoms with Crippen molar-refractivity contribution < 1.29 is 29.2 Å². The lowest BCUT2D eigenvalue weighted by Crippen LogP contribution is -2.44. The van der Waals surface area contributed by atoms with E-state index >= 15 is 0 Å². The summed E-state index contributed by atoms with van der Waals surface area (Å²) < 4.78 is 0. The zero-order valence-electron chi connectivity index (χ0n) is 24.1. The normalized spacial score (nSPS) is 10.4. The summed E-state index contributed by atoms with van der Waals surface area (Å²) >= 11 is 0. The van der Waals surface area contributed by atoms with Crippen LogP contribution in [-0.2, 0) is 0 Å². The number of urea groups is 3. The van der Waals surface area contributed by atoms with Gasteiger partial charge >= 0.3 is 18.1 Å². The molecule has 6 amide bonds. The van der Waals surface area contributed by atoms with Crippen molar-refractivity contribution in [3.05, 3.63) is 103 Å². The van der Waals surface area contributed by atoms with Crippen LogP contribution in [0.5, 0.6) is 0 Å². The molecule has 242 valence electrons. The van der Waals surface area contributed by atoms with Crippen LogP contribution >= 0.6 is 0 Å².